The predicted molar refractivity (Wildman–Crippen MR) is 175 cm³/mol. The number of likely N-dealkylation sites (tertiary alicyclic amines) is 3. The van der Waals surface area contributed by atoms with Crippen molar-refractivity contribution >= 4 is 23.7 Å². The van der Waals surface area contributed by atoms with E-state index in [4.69, 9.17) is 4.74 Å². The first-order valence-corrected chi connectivity index (χ1v) is 17.0. The van der Waals surface area contributed by atoms with E-state index in [1.807, 2.05) is 28.0 Å². The first-order valence-electron chi connectivity index (χ1n) is 17.0. The summed E-state index contributed by atoms with van der Waals surface area (Å²) in [4.78, 5) is 48.7. The molecule has 0 saturated carbocycles. The highest BCUT2D eigenvalue weighted by Crippen LogP contribution is 2.26. The van der Waals surface area contributed by atoms with Crippen LogP contribution >= 0.6 is 0 Å². The number of piperidine rings is 3. The normalized spacial score (nSPS) is 21.1. The molecule has 3 saturated heterocycles. The molecule has 0 spiro atoms. The number of fused-ring (bicyclic) bond motifs is 1. The lowest BCUT2D eigenvalue weighted by molar-refractivity contribution is -0.142. The molecule has 1 N–H and O–H groups in total. The molecule has 1 atom stereocenters. The summed E-state index contributed by atoms with van der Waals surface area (Å²) in [6.45, 7) is 9.48. The third-order valence-electron chi connectivity index (χ3n) is 10.2. The molecular weight excluding hydrogens is 566 g/mol. The van der Waals surface area contributed by atoms with Crippen molar-refractivity contribution in [3.8, 4) is 0 Å². The standard InChI is InChI=1S/C36H49N5O4/c1-26-22-27(2)24-28(23-26)25-33(34(42)39-17-11-30(12-18-39)38-15-6-3-7-16-38)45-36(44)40-19-13-31(14-20-40)41-21-10-29-8-4-5-9-32(29)37-35(41)43/h4-5,8-9,22-24,30-31,33H,3,6-7,10-21,25H2,1-2H3,(H,37,43)/t33-/m1/s1. The Morgan fingerprint density at radius 1 is 0.822 bits per heavy atom. The summed E-state index contributed by atoms with van der Waals surface area (Å²) in [6, 6.07) is 14.7. The molecule has 2 aromatic carbocycles. The maximum atomic E-state index is 14.0. The lowest BCUT2D eigenvalue weighted by Gasteiger charge is -2.41. The highest BCUT2D eigenvalue weighted by molar-refractivity contribution is 5.91. The molecule has 2 aromatic rings. The average molecular weight is 616 g/mol. The summed E-state index contributed by atoms with van der Waals surface area (Å²) in [5, 5.41) is 3.06. The van der Waals surface area contributed by atoms with Crippen LogP contribution in [-0.4, -0.2) is 102 Å². The van der Waals surface area contributed by atoms with E-state index in [0.29, 0.717) is 58.0 Å². The van der Waals surface area contributed by atoms with Crippen molar-refractivity contribution in [2.75, 3.05) is 51.1 Å². The van der Waals surface area contributed by atoms with Gasteiger partial charge in [0.25, 0.3) is 5.91 Å². The number of aryl methyl sites for hydroxylation is 2. The van der Waals surface area contributed by atoms with Crippen LogP contribution in [0.3, 0.4) is 0 Å². The van der Waals surface area contributed by atoms with Crippen molar-refractivity contribution in [1.82, 2.24) is 19.6 Å². The van der Waals surface area contributed by atoms with Gasteiger partial charge in [0.15, 0.2) is 6.10 Å². The van der Waals surface area contributed by atoms with Crippen LogP contribution < -0.4 is 5.32 Å². The number of ether oxygens (including phenoxy) is 1. The molecule has 0 aliphatic carbocycles. The number of nitrogens with one attached hydrogen (secondary N) is 1. The van der Waals surface area contributed by atoms with Gasteiger partial charge in [0, 0.05) is 56.9 Å². The molecule has 0 radical (unpaired) electrons. The number of hydrogen-bond acceptors (Lipinski definition) is 5. The molecule has 3 fully saturated rings. The number of carbonyl (C=O) groups is 3. The lowest BCUT2D eigenvalue weighted by Crippen LogP contribution is -2.53. The van der Waals surface area contributed by atoms with Gasteiger partial charge in [-0.25, -0.2) is 9.59 Å². The van der Waals surface area contributed by atoms with E-state index in [9.17, 15) is 14.4 Å². The minimum Gasteiger partial charge on any atom is -0.436 e. The fraction of sp³-hybridized carbons (Fsp3) is 0.583. The van der Waals surface area contributed by atoms with Gasteiger partial charge in [0.1, 0.15) is 0 Å². The number of nitrogens with zero attached hydrogens (tertiary/aromatic N) is 4. The SMILES string of the molecule is Cc1cc(C)cc(C[C@@H](OC(=O)N2CCC(N3CCc4ccccc4NC3=O)CC2)C(=O)N2CCC(N3CCCCC3)CC2)c1. The number of hydrogen-bond donors (Lipinski definition) is 1. The Morgan fingerprint density at radius 2 is 1.47 bits per heavy atom. The van der Waals surface area contributed by atoms with E-state index in [1.165, 1.54) is 32.4 Å². The molecule has 242 valence electrons. The van der Waals surface area contributed by atoms with Crippen molar-refractivity contribution in [3.63, 3.8) is 0 Å². The van der Waals surface area contributed by atoms with Crippen molar-refractivity contribution in [2.24, 2.45) is 0 Å². The van der Waals surface area contributed by atoms with Gasteiger partial charge in [-0.3, -0.25) is 4.79 Å². The van der Waals surface area contributed by atoms with Gasteiger partial charge in [0.2, 0.25) is 0 Å². The monoisotopic (exact) mass is 615 g/mol. The lowest BCUT2D eigenvalue weighted by atomic mass is 9.98. The molecule has 0 unspecified atom stereocenters. The van der Waals surface area contributed by atoms with E-state index in [2.05, 4.69) is 48.3 Å². The van der Waals surface area contributed by atoms with Gasteiger partial charge in [-0.15, -0.1) is 0 Å². The summed E-state index contributed by atoms with van der Waals surface area (Å²) in [5.41, 5.74) is 5.29. The fourth-order valence-corrected chi connectivity index (χ4v) is 7.81. The summed E-state index contributed by atoms with van der Waals surface area (Å²) in [6.07, 6.45) is 7.02. The zero-order valence-corrected chi connectivity index (χ0v) is 27.0. The Hall–Kier alpha value is -3.59. The van der Waals surface area contributed by atoms with Gasteiger partial charge in [-0.1, -0.05) is 53.9 Å². The molecule has 4 aliphatic heterocycles. The first kappa shape index (κ1) is 31.4. The zero-order chi connectivity index (χ0) is 31.3. The number of rotatable bonds is 6. The van der Waals surface area contributed by atoms with Crippen molar-refractivity contribution in [1.29, 1.82) is 0 Å². The summed E-state index contributed by atoms with van der Waals surface area (Å²) >= 11 is 0. The van der Waals surface area contributed by atoms with Crippen molar-refractivity contribution in [3.05, 3.63) is 64.7 Å². The minimum atomic E-state index is -0.863. The molecule has 4 amide bonds. The maximum Gasteiger partial charge on any atom is 0.410 e. The third-order valence-corrected chi connectivity index (χ3v) is 10.2. The second-order valence-corrected chi connectivity index (χ2v) is 13.5. The van der Waals surface area contributed by atoms with Gasteiger partial charge in [-0.05, 0) is 89.1 Å². The number of benzene rings is 2. The Balaban J connectivity index is 1.07. The van der Waals surface area contributed by atoms with E-state index in [0.717, 1.165) is 47.2 Å². The molecule has 45 heavy (non-hydrogen) atoms. The van der Waals surface area contributed by atoms with Gasteiger partial charge in [-0.2, -0.15) is 0 Å². The van der Waals surface area contributed by atoms with Gasteiger partial charge >= 0.3 is 12.1 Å². The molecule has 0 bridgehead atoms. The van der Waals surface area contributed by atoms with Crippen LogP contribution in [0.2, 0.25) is 0 Å². The van der Waals surface area contributed by atoms with Crippen LogP contribution in [0.4, 0.5) is 15.3 Å². The van der Waals surface area contributed by atoms with Crippen LogP contribution in [0.25, 0.3) is 0 Å². The van der Waals surface area contributed by atoms with E-state index in [1.54, 1.807) is 4.90 Å². The molecule has 9 heteroatoms. The van der Waals surface area contributed by atoms with Crippen LogP contribution in [0.5, 0.6) is 0 Å². The minimum absolute atomic E-state index is 0.0530. The number of anilines is 1. The second kappa shape index (κ2) is 14.2. The van der Waals surface area contributed by atoms with E-state index >= 15 is 0 Å². The van der Waals surface area contributed by atoms with E-state index in [-0.39, 0.29) is 18.0 Å². The fourth-order valence-electron chi connectivity index (χ4n) is 7.81. The topological polar surface area (TPSA) is 85.4 Å². The number of urea groups is 1. The highest BCUT2D eigenvalue weighted by Gasteiger charge is 2.36. The average Bonchev–Trinajstić information content (AvgIpc) is 3.22. The Labute approximate surface area is 267 Å². The summed E-state index contributed by atoms with van der Waals surface area (Å²) in [5.74, 6) is -0.0877. The summed E-state index contributed by atoms with van der Waals surface area (Å²) in [7, 11) is 0. The molecule has 6 rings (SSSR count). The van der Waals surface area contributed by atoms with Crippen LogP contribution in [0.1, 0.15) is 67.2 Å². The van der Waals surface area contributed by atoms with Gasteiger partial charge < -0.3 is 29.7 Å². The maximum absolute atomic E-state index is 14.0. The van der Waals surface area contributed by atoms with Crippen molar-refractivity contribution < 1.29 is 19.1 Å². The molecule has 4 aliphatic rings. The Bertz CT molecular complexity index is 1340. The number of carbonyl (C=O) groups excluding carboxylic acids is 3. The molecular formula is C36H49N5O4. The molecule has 4 heterocycles. The quantitative estimate of drug-likeness (QED) is 0.472. The van der Waals surface area contributed by atoms with Crippen LogP contribution in [0, 0.1) is 13.8 Å². The second-order valence-electron chi connectivity index (χ2n) is 13.5. The number of para-hydroxylation sites is 1. The smallest absolute Gasteiger partial charge is 0.410 e. The first-order chi connectivity index (χ1) is 21.8. The highest BCUT2D eigenvalue weighted by atomic mass is 16.6. The zero-order valence-electron chi connectivity index (χ0n) is 27.0. The summed E-state index contributed by atoms with van der Waals surface area (Å²) < 4.78 is 6.09. The third kappa shape index (κ3) is 7.63. The van der Waals surface area contributed by atoms with Crippen LogP contribution in [-0.2, 0) is 22.4 Å². The Kier molecular flexibility index (Phi) is 9.93. The van der Waals surface area contributed by atoms with Crippen molar-refractivity contribution in [2.45, 2.75) is 89.8 Å². The molecule has 0 aromatic heterocycles. The predicted octanol–water partition coefficient (Wildman–Crippen LogP) is 5.38. The van der Waals surface area contributed by atoms with E-state index < -0.39 is 12.2 Å². The largest absolute Gasteiger partial charge is 0.436 e. The number of amides is 4. The molecule has 9 nitrogen and oxygen atoms in total. The van der Waals surface area contributed by atoms with Gasteiger partial charge in [0.05, 0.1) is 0 Å². The Morgan fingerprint density at radius 3 is 2.18 bits per heavy atom. The van der Waals surface area contributed by atoms with Crippen LogP contribution in [0.15, 0.2) is 42.5 Å².